The molecule has 0 unspecified atom stereocenters. The minimum atomic E-state index is -0.851. The lowest BCUT2D eigenvalue weighted by Crippen LogP contribution is -2.52. The molecule has 4 aromatic rings. The highest BCUT2D eigenvalue weighted by Crippen LogP contribution is 2.36. The Kier molecular flexibility index (Phi) is 11.7. The Hall–Kier alpha value is -4.38. The van der Waals surface area contributed by atoms with Crippen LogP contribution < -0.4 is 10.6 Å². The third-order valence-electron chi connectivity index (χ3n) is 10.3. The number of aliphatic hydroxyl groups is 1. The zero-order valence-electron chi connectivity index (χ0n) is 28.4. The molecule has 5 heterocycles. The number of carbonyl (C=O) groups excluding carboxylic acids is 2. The molecule has 11 heteroatoms. The van der Waals surface area contributed by atoms with Gasteiger partial charge in [0.25, 0.3) is 0 Å². The SMILES string of the molecule is O=C(NCC(CCCN1CCC(O)(c2ccc(Cl)cc2)CC1)(c1ccccn1)c1ccccn1)NC1CCN(C(=O)Cc2ccncc2)CC1. The lowest BCUT2D eigenvalue weighted by Gasteiger charge is -2.39. The highest BCUT2D eigenvalue weighted by atomic mass is 35.5. The van der Waals surface area contributed by atoms with Crippen molar-refractivity contribution in [2.75, 3.05) is 39.3 Å². The first-order chi connectivity index (χ1) is 24.3. The van der Waals surface area contributed by atoms with Crippen molar-refractivity contribution >= 4 is 23.5 Å². The Labute approximate surface area is 299 Å². The summed E-state index contributed by atoms with van der Waals surface area (Å²) < 4.78 is 0. The summed E-state index contributed by atoms with van der Waals surface area (Å²) in [6.07, 6.45) is 11.6. The van der Waals surface area contributed by atoms with E-state index < -0.39 is 11.0 Å². The van der Waals surface area contributed by atoms with Gasteiger partial charge in [0.2, 0.25) is 5.91 Å². The van der Waals surface area contributed by atoms with E-state index in [2.05, 4.69) is 20.5 Å². The number of aromatic nitrogens is 3. The van der Waals surface area contributed by atoms with Gasteiger partial charge in [-0.15, -0.1) is 0 Å². The van der Waals surface area contributed by atoms with Crippen molar-refractivity contribution in [3.8, 4) is 0 Å². The lowest BCUT2D eigenvalue weighted by atomic mass is 9.76. The molecular weight excluding hydrogens is 650 g/mol. The maximum absolute atomic E-state index is 13.4. The van der Waals surface area contributed by atoms with Gasteiger partial charge in [0.15, 0.2) is 0 Å². The summed E-state index contributed by atoms with van der Waals surface area (Å²) in [7, 11) is 0. The molecular formula is C39H46ClN7O3. The van der Waals surface area contributed by atoms with Gasteiger partial charge in [0.1, 0.15) is 0 Å². The summed E-state index contributed by atoms with van der Waals surface area (Å²) in [5, 5.41) is 18.4. The fourth-order valence-electron chi connectivity index (χ4n) is 7.28. The summed E-state index contributed by atoms with van der Waals surface area (Å²) in [5.74, 6) is 0.0939. The highest BCUT2D eigenvalue weighted by Gasteiger charge is 2.39. The van der Waals surface area contributed by atoms with Crippen molar-refractivity contribution in [1.29, 1.82) is 0 Å². The molecule has 0 radical (unpaired) electrons. The molecule has 0 aliphatic carbocycles. The van der Waals surface area contributed by atoms with Crippen LogP contribution in [0.2, 0.25) is 5.02 Å². The molecule has 262 valence electrons. The molecule has 50 heavy (non-hydrogen) atoms. The van der Waals surface area contributed by atoms with Gasteiger partial charge in [0, 0.05) is 68.6 Å². The van der Waals surface area contributed by atoms with Crippen LogP contribution in [0.15, 0.2) is 97.6 Å². The van der Waals surface area contributed by atoms with Crippen LogP contribution in [-0.2, 0) is 22.2 Å². The van der Waals surface area contributed by atoms with Gasteiger partial charge in [0.05, 0.1) is 28.8 Å². The van der Waals surface area contributed by atoms with E-state index in [1.54, 1.807) is 24.8 Å². The minimum absolute atomic E-state index is 0.0234. The molecule has 1 aromatic carbocycles. The Morgan fingerprint density at radius 3 is 2.10 bits per heavy atom. The molecule has 3 amide bonds. The zero-order valence-corrected chi connectivity index (χ0v) is 29.1. The number of nitrogens with zero attached hydrogens (tertiary/aromatic N) is 5. The molecule has 2 aliphatic heterocycles. The smallest absolute Gasteiger partial charge is 0.315 e. The Morgan fingerprint density at radius 1 is 0.860 bits per heavy atom. The second kappa shape index (κ2) is 16.6. The summed E-state index contributed by atoms with van der Waals surface area (Å²) in [6, 6.07) is 22.8. The number of likely N-dealkylation sites (tertiary alicyclic amines) is 2. The van der Waals surface area contributed by atoms with Gasteiger partial charge in [-0.3, -0.25) is 19.7 Å². The van der Waals surface area contributed by atoms with E-state index in [1.165, 1.54) is 0 Å². The number of hydrogen-bond donors (Lipinski definition) is 3. The molecule has 0 atom stereocenters. The average molecular weight is 696 g/mol. The van der Waals surface area contributed by atoms with Gasteiger partial charge in [-0.25, -0.2) is 4.79 Å². The van der Waals surface area contributed by atoms with E-state index in [0.29, 0.717) is 56.8 Å². The van der Waals surface area contributed by atoms with Gasteiger partial charge >= 0.3 is 6.03 Å². The minimum Gasteiger partial charge on any atom is -0.385 e. The van der Waals surface area contributed by atoms with E-state index in [1.807, 2.05) is 77.7 Å². The van der Waals surface area contributed by atoms with Crippen molar-refractivity contribution in [3.63, 3.8) is 0 Å². The molecule has 2 fully saturated rings. The van der Waals surface area contributed by atoms with Crippen molar-refractivity contribution in [2.45, 2.75) is 62.0 Å². The lowest BCUT2D eigenvalue weighted by molar-refractivity contribution is -0.131. The molecule has 2 saturated heterocycles. The van der Waals surface area contributed by atoms with Crippen molar-refractivity contribution < 1.29 is 14.7 Å². The van der Waals surface area contributed by atoms with E-state index in [0.717, 1.165) is 55.0 Å². The number of halogens is 1. The quantitative estimate of drug-likeness (QED) is 0.188. The maximum atomic E-state index is 13.4. The summed E-state index contributed by atoms with van der Waals surface area (Å²) in [4.78, 5) is 44.1. The molecule has 2 aliphatic rings. The fraction of sp³-hybridized carbons (Fsp3) is 0.410. The van der Waals surface area contributed by atoms with E-state index >= 15 is 0 Å². The molecule has 0 bridgehead atoms. The number of amides is 3. The molecule has 6 rings (SSSR count). The third-order valence-corrected chi connectivity index (χ3v) is 10.5. The standard InChI is InChI=1S/C39H46ClN7O3/c40-32-10-8-31(9-11-32)39(50)17-26-46(27-18-39)23-5-16-38(34-6-1-3-19-42-34,35-7-2-4-20-43-35)29-44-37(49)45-33-14-24-47(25-15-33)36(48)28-30-12-21-41-22-13-30/h1-4,6-13,19-22,33,50H,5,14-18,23-29H2,(H2,44,45,49). The predicted molar refractivity (Wildman–Crippen MR) is 194 cm³/mol. The number of piperidine rings is 2. The summed E-state index contributed by atoms with van der Waals surface area (Å²) >= 11 is 6.08. The Morgan fingerprint density at radius 2 is 1.50 bits per heavy atom. The van der Waals surface area contributed by atoms with Crippen LogP contribution in [0.3, 0.4) is 0 Å². The molecule has 0 saturated carbocycles. The number of rotatable bonds is 12. The van der Waals surface area contributed by atoms with Crippen molar-refractivity contribution in [1.82, 2.24) is 35.4 Å². The monoisotopic (exact) mass is 695 g/mol. The first kappa shape index (κ1) is 35.4. The highest BCUT2D eigenvalue weighted by molar-refractivity contribution is 6.30. The Balaban J connectivity index is 1.06. The third kappa shape index (κ3) is 8.85. The van der Waals surface area contributed by atoms with Crippen LogP contribution >= 0.6 is 11.6 Å². The predicted octanol–water partition coefficient (Wildman–Crippen LogP) is 5.11. The molecule has 10 nitrogen and oxygen atoms in total. The summed E-state index contributed by atoms with van der Waals surface area (Å²) in [6.45, 7) is 3.96. The summed E-state index contributed by atoms with van der Waals surface area (Å²) in [5.41, 5.74) is 2.08. The van der Waals surface area contributed by atoms with Gasteiger partial charge in [-0.05, 0) is 105 Å². The van der Waals surface area contributed by atoms with Crippen molar-refractivity contribution in [2.24, 2.45) is 0 Å². The largest absolute Gasteiger partial charge is 0.385 e. The number of hydrogen-bond acceptors (Lipinski definition) is 7. The normalized spacial score (nSPS) is 16.9. The number of urea groups is 1. The van der Waals surface area contributed by atoms with Crippen LogP contribution in [0.5, 0.6) is 0 Å². The second-order valence-corrected chi connectivity index (χ2v) is 13.9. The second-order valence-electron chi connectivity index (χ2n) is 13.5. The van der Waals surface area contributed by atoms with E-state index in [-0.39, 0.29) is 18.0 Å². The molecule has 3 aromatic heterocycles. The van der Waals surface area contributed by atoms with Crippen LogP contribution in [0.4, 0.5) is 4.79 Å². The van der Waals surface area contributed by atoms with Crippen molar-refractivity contribution in [3.05, 3.63) is 125 Å². The van der Waals surface area contributed by atoms with Crippen LogP contribution in [-0.4, -0.2) is 87.1 Å². The van der Waals surface area contributed by atoms with Crippen LogP contribution in [0.1, 0.15) is 61.0 Å². The molecule has 0 spiro atoms. The van der Waals surface area contributed by atoms with Gasteiger partial charge in [-0.1, -0.05) is 35.9 Å². The topological polar surface area (TPSA) is 124 Å². The first-order valence-electron chi connectivity index (χ1n) is 17.6. The van der Waals surface area contributed by atoms with Crippen LogP contribution in [0, 0.1) is 0 Å². The average Bonchev–Trinajstić information content (AvgIpc) is 3.15. The number of benzene rings is 1. The fourth-order valence-corrected chi connectivity index (χ4v) is 7.40. The van der Waals surface area contributed by atoms with E-state index in [9.17, 15) is 14.7 Å². The first-order valence-corrected chi connectivity index (χ1v) is 18.0. The zero-order chi connectivity index (χ0) is 34.8. The number of pyridine rings is 3. The Bertz CT molecular complexity index is 1620. The van der Waals surface area contributed by atoms with E-state index in [4.69, 9.17) is 21.6 Å². The number of carbonyl (C=O) groups is 2. The number of nitrogens with one attached hydrogen (secondary N) is 2. The van der Waals surface area contributed by atoms with Crippen LogP contribution in [0.25, 0.3) is 0 Å². The molecule has 3 N–H and O–H groups in total. The van der Waals surface area contributed by atoms with Gasteiger partial charge < -0.3 is 25.5 Å². The van der Waals surface area contributed by atoms with Gasteiger partial charge in [-0.2, -0.15) is 0 Å². The maximum Gasteiger partial charge on any atom is 0.315 e.